The molecule has 0 spiro atoms. The van der Waals surface area contributed by atoms with E-state index in [0.717, 1.165) is 12.1 Å². The van der Waals surface area contributed by atoms with E-state index in [1.54, 1.807) is 0 Å². The van der Waals surface area contributed by atoms with Crippen molar-refractivity contribution in [1.29, 1.82) is 0 Å². The van der Waals surface area contributed by atoms with Crippen LogP contribution >= 0.6 is 0 Å². The minimum Gasteiger partial charge on any atom is -0.419 e. The number of ether oxygens (including phenoxy) is 2. The van der Waals surface area contributed by atoms with Gasteiger partial charge < -0.3 is 14.5 Å². The van der Waals surface area contributed by atoms with E-state index in [2.05, 4.69) is 25.2 Å². The lowest BCUT2D eigenvalue weighted by molar-refractivity contribution is -0.357. The van der Waals surface area contributed by atoms with Crippen molar-refractivity contribution in [2.75, 3.05) is 6.61 Å². The zero-order valence-electron chi connectivity index (χ0n) is 17.4. The Morgan fingerprint density at radius 3 is 2.38 bits per heavy atom. The lowest BCUT2D eigenvalue weighted by atomic mass is 9.39. The lowest BCUT2D eigenvalue weighted by Crippen LogP contribution is -2.77. The first kappa shape index (κ1) is 23.0. The van der Waals surface area contributed by atoms with Crippen molar-refractivity contribution in [3.8, 4) is 11.6 Å². The molecule has 4 saturated carbocycles. The number of halogens is 6. The maximum Gasteiger partial charge on any atom is 0.522 e. The van der Waals surface area contributed by atoms with Gasteiger partial charge in [-0.3, -0.25) is 14.5 Å². The van der Waals surface area contributed by atoms with Crippen LogP contribution in [0.1, 0.15) is 43.6 Å². The Kier molecular flexibility index (Phi) is 5.17. The molecule has 0 aliphatic heterocycles. The molecule has 0 unspecified atom stereocenters. The van der Waals surface area contributed by atoms with Crippen molar-refractivity contribution < 1.29 is 45.0 Å². The number of nitrogens with zero attached hydrogens (tertiary/aromatic N) is 3. The van der Waals surface area contributed by atoms with Crippen LogP contribution in [0, 0.1) is 0 Å². The highest BCUT2D eigenvalue weighted by Gasteiger charge is 2.71. The molecular weight excluding hydrogens is 474 g/mol. The van der Waals surface area contributed by atoms with Crippen molar-refractivity contribution in [3.05, 3.63) is 29.8 Å². The predicted molar refractivity (Wildman–Crippen MR) is 98.8 cm³/mol. The van der Waals surface area contributed by atoms with Crippen LogP contribution in [0.3, 0.4) is 0 Å². The lowest BCUT2D eigenvalue weighted by Gasteiger charge is -2.68. The van der Waals surface area contributed by atoms with Gasteiger partial charge in [0.05, 0.1) is 23.2 Å². The van der Waals surface area contributed by atoms with E-state index in [-0.39, 0.29) is 36.9 Å². The summed E-state index contributed by atoms with van der Waals surface area (Å²) in [6, 6.07) is 2.04. The van der Waals surface area contributed by atoms with Crippen LogP contribution in [0.4, 0.5) is 26.3 Å². The number of alkyl halides is 6. The molecule has 34 heavy (non-hydrogen) atoms. The van der Waals surface area contributed by atoms with Gasteiger partial charge in [-0.1, -0.05) is 0 Å². The second-order valence-electron chi connectivity index (χ2n) is 9.07. The van der Waals surface area contributed by atoms with Gasteiger partial charge in [0.2, 0.25) is 11.8 Å². The van der Waals surface area contributed by atoms with Crippen LogP contribution in [0.15, 0.2) is 22.7 Å². The van der Waals surface area contributed by atoms with Gasteiger partial charge in [-0.25, -0.2) is 0 Å². The molecule has 14 heteroatoms. The standard InChI is InChI=1S/C20H18F6N4O4/c21-19(22,23)10-1-2-13(27-5-10)15-29-30-16(33-15)17-7-18(8-17,9-17)28-14(31)6-32-11-3-12(4-11)34-20(24,25)26/h1-2,5,11-12H,3-4,6-9H2,(H,28,31). The minimum absolute atomic E-state index is 0.00763. The quantitative estimate of drug-likeness (QED) is 0.591. The molecule has 0 atom stereocenters. The van der Waals surface area contributed by atoms with Gasteiger partial charge in [0.1, 0.15) is 12.3 Å². The average Bonchev–Trinajstić information content (AvgIpc) is 3.13. The molecule has 0 saturated heterocycles. The van der Waals surface area contributed by atoms with E-state index in [9.17, 15) is 31.1 Å². The molecule has 0 radical (unpaired) electrons. The van der Waals surface area contributed by atoms with Crippen LogP contribution in [-0.4, -0.2) is 51.8 Å². The summed E-state index contributed by atoms with van der Waals surface area (Å²) in [6.07, 6.45) is -8.06. The number of nitrogens with one attached hydrogen (secondary N) is 1. The molecule has 4 aliphatic rings. The third kappa shape index (κ3) is 4.35. The molecule has 0 aromatic carbocycles. The summed E-state index contributed by atoms with van der Waals surface area (Å²) in [5.74, 6) is -0.0244. The van der Waals surface area contributed by atoms with Crippen molar-refractivity contribution in [2.45, 2.75) is 67.8 Å². The van der Waals surface area contributed by atoms with Crippen LogP contribution in [0.2, 0.25) is 0 Å². The Morgan fingerprint density at radius 1 is 1.09 bits per heavy atom. The fourth-order valence-corrected chi connectivity index (χ4v) is 4.84. The van der Waals surface area contributed by atoms with Crippen LogP contribution in [0.25, 0.3) is 11.6 Å². The zero-order valence-corrected chi connectivity index (χ0v) is 17.4. The van der Waals surface area contributed by atoms with E-state index >= 15 is 0 Å². The molecule has 4 fully saturated rings. The van der Waals surface area contributed by atoms with Crippen molar-refractivity contribution in [2.24, 2.45) is 0 Å². The maximum atomic E-state index is 12.7. The first-order valence-corrected chi connectivity index (χ1v) is 10.4. The highest BCUT2D eigenvalue weighted by atomic mass is 19.4. The van der Waals surface area contributed by atoms with Gasteiger partial charge in [-0.2, -0.15) is 13.2 Å². The molecule has 2 aromatic rings. The van der Waals surface area contributed by atoms with Gasteiger partial charge in [0.25, 0.3) is 5.89 Å². The number of rotatable bonds is 7. The number of aromatic nitrogens is 3. The smallest absolute Gasteiger partial charge is 0.419 e. The summed E-state index contributed by atoms with van der Waals surface area (Å²) in [6.45, 7) is -0.261. The molecule has 8 nitrogen and oxygen atoms in total. The molecule has 2 bridgehead atoms. The number of carbonyl (C=O) groups excluding carboxylic acids is 1. The highest BCUT2D eigenvalue weighted by molar-refractivity contribution is 5.79. The van der Waals surface area contributed by atoms with Gasteiger partial charge in [-0.15, -0.1) is 23.4 Å². The van der Waals surface area contributed by atoms with E-state index in [1.165, 1.54) is 0 Å². The Morgan fingerprint density at radius 2 is 1.79 bits per heavy atom. The van der Waals surface area contributed by atoms with Crippen LogP contribution in [-0.2, 0) is 25.9 Å². The second kappa shape index (κ2) is 7.63. The Balaban J connectivity index is 1.08. The normalized spacial score (nSPS) is 30.2. The third-order valence-electron chi connectivity index (χ3n) is 6.43. The first-order valence-electron chi connectivity index (χ1n) is 10.4. The Bertz CT molecular complexity index is 1060. The monoisotopic (exact) mass is 492 g/mol. The van der Waals surface area contributed by atoms with Crippen LogP contribution < -0.4 is 5.32 Å². The summed E-state index contributed by atoms with van der Waals surface area (Å²) in [7, 11) is 0. The molecular formula is C20H18F6N4O4. The summed E-state index contributed by atoms with van der Waals surface area (Å²) < 4.78 is 89.2. The van der Waals surface area contributed by atoms with E-state index in [4.69, 9.17) is 9.15 Å². The van der Waals surface area contributed by atoms with E-state index in [1.807, 2.05) is 0 Å². The molecule has 6 rings (SSSR count). The van der Waals surface area contributed by atoms with Crippen LogP contribution in [0.5, 0.6) is 0 Å². The van der Waals surface area contributed by atoms with Gasteiger partial charge in [0.15, 0.2) is 0 Å². The summed E-state index contributed by atoms with van der Waals surface area (Å²) >= 11 is 0. The molecule has 1 amide bonds. The Labute approximate surface area is 188 Å². The van der Waals surface area contributed by atoms with Gasteiger partial charge in [0, 0.05) is 24.6 Å². The number of pyridine rings is 1. The third-order valence-corrected chi connectivity index (χ3v) is 6.43. The zero-order chi connectivity index (χ0) is 24.4. The summed E-state index contributed by atoms with van der Waals surface area (Å²) in [5, 5.41) is 10.8. The molecule has 2 aromatic heterocycles. The van der Waals surface area contributed by atoms with Gasteiger partial charge in [-0.05, 0) is 31.4 Å². The van der Waals surface area contributed by atoms with E-state index in [0.29, 0.717) is 31.4 Å². The summed E-state index contributed by atoms with van der Waals surface area (Å²) in [4.78, 5) is 15.9. The second-order valence-corrected chi connectivity index (χ2v) is 9.07. The number of hydrogen-bond donors (Lipinski definition) is 1. The van der Waals surface area contributed by atoms with Crippen molar-refractivity contribution in [1.82, 2.24) is 20.5 Å². The van der Waals surface area contributed by atoms with Crippen molar-refractivity contribution in [3.63, 3.8) is 0 Å². The number of carbonyl (C=O) groups is 1. The van der Waals surface area contributed by atoms with Gasteiger partial charge >= 0.3 is 12.5 Å². The number of amides is 1. The fraction of sp³-hybridized carbons (Fsp3) is 0.600. The van der Waals surface area contributed by atoms with E-state index < -0.39 is 41.3 Å². The largest absolute Gasteiger partial charge is 0.522 e. The minimum atomic E-state index is -4.68. The molecule has 1 N–H and O–H groups in total. The number of hydrogen-bond acceptors (Lipinski definition) is 7. The fourth-order valence-electron chi connectivity index (χ4n) is 4.84. The maximum absolute atomic E-state index is 12.7. The Hall–Kier alpha value is -2.74. The first-order chi connectivity index (χ1) is 15.8. The highest BCUT2D eigenvalue weighted by Crippen LogP contribution is 2.67. The molecule has 4 aliphatic carbocycles. The molecule has 2 heterocycles. The average molecular weight is 492 g/mol. The summed E-state index contributed by atoms with van der Waals surface area (Å²) in [5.41, 5.74) is -1.59. The predicted octanol–water partition coefficient (Wildman–Crippen LogP) is 3.52. The van der Waals surface area contributed by atoms with Crippen molar-refractivity contribution >= 4 is 5.91 Å². The SMILES string of the molecule is O=C(COC1CC(OC(F)(F)F)C1)NC12CC(c3nnc(-c4ccc(C(F)(F)F)cn4)o3)(C1)C2. The topological polar surface area (TPSA) is 99.4 Å². The molecule has 184 valence electrons.